The molecule has 2 fully saturated rings. The van der Waals surface area contributed by atoms with Crippen molar-refractivity contribution in [3.63, 3.8) is 0 Å². The summed E-state index contributed by atoms with van der Waals surface area (Å²) < 4.78 is 5.87. The van der Waals surface area contributed by atoms with Crippen LogP contribution in [0.4, 0.5) is 0 Å². The van der Waals surface area contributed by atoms with E-state index in [-0.39, 0.29) is 36.5 Å². The Morgan fingerprint density at radius 3 is 2.66 bits per heavy atom. The minimum atomic E-state index is -0.0421. The number of carbonyl (C=O) groups is 1. The van der Waals surface area contributed by atoms with Gasteiger partial charge in [0.15, 0.2) is 12.6 Å². The van der Waals surface area contributed by atoms with E-state index in [9.17, 15) is 4.79 Å². The molecule has 3 N–H and O–H groups in total. The molecule has 0 radical (unpaired) electrons. The van der Waals surface area contributed by atoms with Gasteiger partial charge in [0.05, 0.1) is 0 Å². The van der Waals surface area contributed by atoms with Crippen LogP contribution in [0.25, 0.3) is 0 Å². The number of ether oxygens (including phenoxy) is 1. The summed E-state index contributed by atoms with van der Waals surface area (Å²) in [5.74, 6) is 2.80. The van der Waals surface area contributed by atoms with Crippen molar-refractivity contribution in [1.82, 2.24) is 16.0 Å². The molecule has 8 heteroatoms. The van der Waals surface area contributed by atoms with Gasteiger partial charge in [0.2, 0.25) is 0 Å². The molecule has 2 aliphatic rings. The highest BCUT2D eigenvalue weighted by Crippen LogP contribution is 2.36. The molecule has 3 rings (SSSR count). The van der Waals surface area contributed by atoms with Crippen LogP contribution in [0.2, 0.25) is 0 Å². The largest absolute Gasteiger partial charge is 0.484 e. The van der Waals surface area contributed by atoms with Gasteiger partial charge in [-0.3, -0.25) is 9.79 Å². The van der Waals surface area contributed by atoms with Crippen molar-refractivity contribution >= 4 is 47.6 Å². The minimum absolute atomic E-state index is 0. The number of amides is 1. The van der Waals surface area contributed by atoms with E-state index in [1.807, 2.05) is 43.1 Å². The van der Waals surface area contributed by atoms with Gasteiger partial charge < -0.3 is 20.7 Å². The van der Waals surface area contributed by atoms with Crippen LogP contribution in [0.15, 0.2) is 29.3 Å². The molecule has 1 aromatic rings. The Bertz CT molecular complexity index is 674. The number of nitrogens with one attached hydrogen (secondary N) is 3. The third kappa shape index (κ3) is 8.62. The van der Waals surface area contributed by atoms with Crippen molar-refractivity contribution in [2.75, 3.05) is 32.5 Å². The van der Waals surface area contributed by atoms with E-state index >= 15 is 0 Å². The fraction of sp³-hybridized carbons (Fsp3) is 0.619. The smallest absolute Gasteiger partial charge is 0.258 e. The van der Waals surface area contributed by atoms with Gasteiger partial charge in [-0.05, 0) is 62.5 Å². The fourth-order valence-electron chi connectivity index (χ4n) is 3.19. The van der Waals surface area contributed by atoms with Crippen molar-refractivity contribution in [3.05, 3.63) is 29.8 Å². The normalized spacial score (nSPS) is 21.2. The van der Waals surface area contributed by atoms with E-state index in [4.69, 9.17) is 4.74 Å². The van der Waals surface area contributed by atoms with E-state index in [2.05, 4.69) is 27.9 Å². The first kappa shape index (κ1) is 24.1. The molecular formula is C21H33IN4O2S. The molecule has 1 unspecified atom stereocenters. The fourth-order valence-corrected chi connectivity index (χ4v) is 4.44. The molecule has 6 nitrogen and oxygen atoms in total. The molecule has 1 saturated heterocycles. The van der Waals surface area contributed by atoms with Gasteiger partial charge in [0, 0.05) is 30.9 Å². The second-order valence-electron chi connectivity index (χ2n) is 7.78. The Balaban J connectivity index is 0.00000300. The number of hydrogen-bond acceptors (Lipinski definition) is 4. The second-order valence-corrected chi connectivity index (χ2v) is 9.46. The molecule has 29 heavy (non-hydrogen) atoms. The molecule has 1 atom stereocenters. The number of guanidine groups is 1. The van der Waals surface area contributed by atoms with Gasteiger partial charge in [-0.1, -0.05) is 12.1 Å². The van der Waals surface area contributed by atoms with Crippen LogP contribution in [0.5, 0.6) is 5.75 Å². The van der Waals surface area contributed by atoms with E-state index < -0.39 is 0 Å². The molecule has 1 saturated carbocycles. The number of carbonyl (C=O) groups excluding carboxylic acids is 1. The highest BCUT2D eigenvalue weighted by Gasteiger charge is 2.29. The van der Waals surface area contributed by atoms with Gasteiger partial charge in [-0.25, -0.2) is 0 Å². The standard InChI is InChI=1S/C21H32N4O2S.HI/c1-21(11-3-13-28-21)15-24-20(22-2)23-12-10-16-4-8-18(9-5-16)27-14-19(26)25-17-6-7-17;/h4-5,8-9,17H,3,6-7,10-15H2,1-2H3,(H,25,26)(H2,22,23,24);1H. The van der Waals surface area contributed by atoms with Crippen LogP contribution in [0.1, 0.15) is 38.2 Å². The number of halogens is 1. The molecule has 0 aromatic heterocycles. The van der Waals surface area contributed by atoms with E-state index in [0.29, 0.717) is 10.8 Å². The van der Waals surface area contributed by atoms with Crippen LogP contribution < -0.4 is 20.7 Å². The second kappa shape index (κ2) is 11.9. The lowest BCUT2D eigenvalue weighted by molar-refractivity contribution is -0.123. The Labute approximate surface area is 195 Å². The van der Waals surface area contributed by atoms with Gasteiger partial charge in [0.1, 0.15) is 5.75 Å². The first-order valence-corrected chi connectivity index (χ1v) is 11.1. The maximum absolute atomic E-state index is 11.7. The highest BCUT2D eigenvalue weighted by atomic mass is 127. The van der Waals surface area contributed by atoms with Gasteiger partial charge in [0.25, 0.3) is 5.91 Å². The number of aliphatic imine (C=N–C) groups is 1. The maximum atomic E-state index is 11.7. The topological polar surface area (TPSA) is 74.8 Å². The SMILES string of the molecule is CN=C(NCCc1ccc(OCC(=O)NC2CC2)cc1)NCC1(C)CCCS1.I. The molecular weight excluding hydrogens is 499 g/mol. The van der Waals surface area contributed by atoms with Crippen LogP contribution in [0.3, 0.4) is 0 Å². The van der Waals surface area contributed by atoms with Crippen molar-refractivity contribution in [2.45, 2.75) is 49.8 Å². The summed E-state index contributed by atoms with van der Waals surface area (Å²) in [7, 11) is 1.81. The summed E-state index contributed by atoms with van der Waals surface area (Å²) in [6, 6.07) is 8.30. The third-order valence-electron chi connectivity index (χ3n) is 5.10. The highest BCUT2D eigenvalue weighted by molar-refractivity contribution is 14.0. The lowest BCUT2D eigenvalue weighted by Crippen LogP contribution is -2.44. The van der Waals surface area contributed by atoms with Gasteiger partial charge in [-0.2, -0.15) is 11.8 Å². The summed E-state index contributed by atoms with van der Waals surface area (Å²) in [6.45, 7) is 4.16. The van der Waals surface area contributed by atoms with Crippen molar-refractivity contribution in [1.29, 1.82) is 0 Å². The summed E-state index contributed by atoms with van der Waals surface area (Å²) in [5.41, 5.74) is 1.22. The zero-order chi connectivity index (χ0) is 19.8. The lowest BCUT2D eigenvalue weighted by atomic mass is 10.1. The zero-order valence-electron chi connectivity index (χ0n) is 17.3. The van der Waals surface area contributed by atoms with Gasteiger partial charge >= 0.3 is 0 Å². The molecule has 0 bridgehead atoms. The van der Waals surface area contributed by atoms with E-state index in [1.54, 1.807) is 0 Å². The van der Waals surface area contributed by atoms with E-state index in [0.717, 1.165) is 44.1 Å². The van der Waals surface area contributed by atoms with Crippen molar-refractivity contribution in [3.8, 4) is 5.75 Å². The first-order chi connectivity index (χ1) is 13.6. The number of benzene rings is 1. The van der Waals surface area contributed by atoms with Gasteiger partial charge in [-0.15, -0.1) is 24.0 Å². The number of rotatable bonds is 9. The Kier molecular flexibility index (Phi) is 9.88. The van der Waals surface area contributed by atoms with Crippen LogP contribution in [0, 0.1) is 0 Å². The lowest BCUT2D eigenvalue weighted by Gasteiger charge is -2.24. The third-order valence-corrected chi connectivity index (χ3v) is 6.63. The number of thioether (sulfide) groups is 1. The average molecular weight is 532 g/mol. The summed E-state index contributed by atoms with van der Waals surface area (Å²) in [5, 5.41) is 9.76. The molecule has 1 heterocycles. The Morgan fingerprint density at radius 2 is 2.03 bits per heavy atom. The van der Waals surface area contributed by atoms with Crippen LogP contribution >= 0.6 is 35.7 Å². The summed E-state index contributed by atoms with van der Waals surface area (Å²) >= 11 is 2.05. The number of nitrogens with zero attached hydrogens (tertiary/aromatic N) is 1. The quantitative estimate of drug-likeness (QED) is 0.259. The molecule has 162 valence electrons. The van der Waals surface area contributed by atoms with Crippen LogP contribution in [-0.2, 0) is 11.2 Å². The average Bonchev–Trinajstić information content (AvgIpc) is 3.41. The zero-order valence-corrected chi connectivity index (χ0v) is 20.5. The molecule has 1 amide bonds. The molecule has 0 spiro atoms. The monoisotopic (exact) mass is 532 g/mol. The van der Waals surface area contributed by atoms with E-state index in [1.165, 1.54) is 24.2 Å². The van der Waals surface area contributed by atoms with Crippen molar-refractivity contribution in [2.24, 2.45) is 4.99 Å². The predicted molar refractivity (Wildman–Crippen MR) is 132 cm³/mol. The molecule has 1 aliphatic carbocycles. The summed E-state index contributed by atoms with van der Waals surface area (Å²) in [4.78, 5) is 16.0. The van der Waals surface area contributed by atoms with Crippen molar-refractivity contribution < 1.29 is 9.53 Å². The van der Waals surface area contributed by atoms with Crippen LogP contribution in [-0.4, -0.2) is 55.2 Å². The number of hydrogen-bond donors (Lipinski definition) is 3. The molecule has 1 aromatic carbocycles. The summed E-state index contributed by atoms with van der Waals surface area (Å²) in [6.07, 6.45) is 5.65. The molecule has 1 aliphatic heterocycles. The minimum Gasteiger partial charge on any atom is -0.484 e. The maximum Gasteiger partial charge on any atom is 0.258 e. The Morgan fingerprint density at radius 1 is 1.28 bits per heavy atom. The first-order valence-electron chi connectivity index (χ1n) is 10.2. The Hall–Kier alpha value is -1.16. The predicted octanol–water partition coefficient (Wildman–Crippen LogP) is 2.96.